The van der Waals surface area contributed by atoms with E-state index in [0.29, 0.717) is 10.0 Å². The fourth-order valence-electron chi connectivity index (χ4n) is 2.94. The molecule has 2 aromatic rings. The number of halogens is 4. The van der Waals surface area contributed by atoms with Gasteiger partial charge in [0.1, 0.15) is 0 Å². The lowest BCUT2D eigenvalue weighted by Gasteiger charge is -2.29. The summed E-state index contributed by atoms with van der Waals surface area (Å²) in [5.41, 5.74) is 1.86. The van der Waals surface area contributed by atoms with E-state index in [4.69, 9.17) is 23.2 Å². The normalized spacial score (nSPS) is 20.8. The molecule has 130 valence electrons. The van der Waals surface area contributed by atoms with Crippen molar-refractivity contribution in [3.8, 4) is 0 Å². The van der Waals surface area contributed by atoms with E-state index in [0.717, 1.165) is 49.8 Å². The van der Waals surface area contributed by atoms with Crippen LogP contribution >= 0.6 is 48.0 Å². The quantitative estimate of drug-likeness (QED) is 0.812. The van der Waals surface area contributed by atoms with Gasteiger partial charge in [-0.15, -0.1) is 24.8 Å². The number of rotatable bonds is 4. The van der Waals surface area contributed by atoms with E-state index < -0.39 is 0 Å². The topological polar surface area (TPSA) is 50.1 Å². The van der Waals surface area contributed by atoms with Crippen molar-refractivity contribution in [2.24, 2.45) is 0 Å². The standard InChI is InChI=1S/C15H19Cl2N3O.2ClH/c16-10-7-13-14(8-11(10)17)20(9-19-13)6-2-3-12-15(21)4-1-5-18-12;;/h7-9,12,15,18,21H,1-6H2;2*1H/t12-,15+;;/m1../s1. The number of nitrogens with one attached hydrogen (secondary N) is 1. The predicted molar refractivity (Wildman–Crippen MR) is 101 cm³/mol. The number of benzene rings is 1. The second kappa shape index (κ2) is 9.30. The zero-order chi connectivity index (χ0) is 14.8. The molecule has 3 rings (SSSR count). The molecule has 0 bridgehead atoms. The molecular weight excluding hydrogens is 380 g/mol. The Balaban J connectivity index is 0.00000132. The highest BCUT2D eigenvalue weighted by Crippen LogP contribution is 2.27. The molecule has 0 amide bonds. The third-order valence-corrected chi connectivity index (χ3v) is 4.85. The van der Waals surface area contributed by atoms with E-state index in [1.807, 2.05) is 12.4 Å². The Morgan fingerprint density at radius 3 is 2.74 bits per heavy atom. The highest BCUT2D eigenvalue weighted by Gasteiger charge is 2.21. The minimum Gasteiger partial charge on any atom is -0.392 e. The molecule has 23 heavy (non-hydrogen) atoms. The number of aliphatic hydroxyl groups is 1. The summed E-state index contributed by atoms with van der Waals surface area (Å²) in [4.78, 5) is 4.36. The first kappa shape index (κ1) is 20.8. The molecule has 8 heteroatoms. The molecule has 1 aliphatic heterocycles. The molecule has 1 aliphatic rings. The fraction of sp³-hybridized carbons (Fsp3) is 0.533. The predicted octanol–water partition coefficient (Wildman–Crippen LogP) is 4.08. The maximum atomic E-state index is 9.95. The Kier molecular flexibility index (Phi) is 8.42. The van der Waals surface area contributed by atoms with Gasteiger partial charge < -0.3 is 15.0 Å². The molecule has 0 unspecified atom stereocenters. The van der Waals surface area contributed by atoms with Gasteiger partial charge >= 0.3 is 0 Å². The second-order valence-electron chi connectivity index (χ2n) is 5.61. The monoisotopic (exact) mass is 399 g/mol. The van der Waals surface area contributed by atoms with E-state index in [-0.39, 0.29) is 37.0 Å². The maximum Gasteiger partial charge on any atom is 0.0958 e. The number of piperidine rings is 1. The van der Waals surface area contributed by atoms with Crippen molar-refractivity contribution in [3.63, 3.8) is 0 Å². The van der Waals surface area contributed by atoms with Crippen molar-refractivity contribution in [1.29, 1.82) is 0 Å². The van der Waals surface area contributed by atoms with Crippen molar-refractivity contribution < 1.29 is 5.11 Å². The van der Waals surface area contributed by atoms with Gasteiger partial charge in [-0.1, -0.05) is 23.2 Å². The van der Waals surface area contributed by atoms with Crippen LogP contribution in [0.25, 0.3) is 11.0 Å². The Morgan fingerprint density at radius 2 is 2.00 bits per heavy atom. The van der Waals surface area contributed by atoms with Crippen molar-refractivity contribution >= 4 is 59.0 Å². The summed E-state index contributed by atoms with van der Waals surface area (Å²) in [5.74, 6) is 0. The van der Waals surface area contributed by atoms with Crippen LogP contribution in [0.4, 0.5) is 0 Å². The van der Waals surface area contributed by atoms with Crippen LogP contribution in [0.5, 0.6) is 0 Å². The van der Waals surface area contributed by atoms with Crippen molar-refractivity contribution in [2.45, 2.75) is 44.4 Å². The van der Waals surface area contributed by atoms with Gasteiger partial charge in [-0.05, 0) is 44.4 Å². The molecule has 0 aliphatic carbocycles. The summed E-state index contributed by atoms with van der Waals surface area (Å²) >= 11 is 12.1. The number of aryl methyl sites for hydroxylation is 1. The van der Waals surface area contributed by atoms with Crippen LogP contribution in [-0.2, 0) is 6.54 Å². The lowest BCUT2D eigenvalue weighted by atomic mass is 9.97. The largest absolute Gasteiger partial charge is 0.392 e. The first-order valence-electron chi connectivity index (χ1n) is 7.36. The number of hydrogen-bond donors (Lipinski definition) is 2. The van der Waals surface area contributed by atoms with Gasteiger partial charge in [-0.2, -0.15) is 0 Å². The fourth-order valence-corrected chi connectivity index (χ4v) is 3.26. The van der Waals surface area contributed by atoms with Gasteiger partial charge in [0.2, 0.25) is 0 Å². The van der Waals surface area contributed by atoms with Crippen LogP contribution in [0.2, 0.25) is 10.0 Å². The van der Waals surface area contributed by atoms with Crippen LogP contribution in [0.15, 0.2) is 18.5 Å². The van der Waals surface area contributed by atoms with E-state index in [1.54, 1.807) is 6.07 Å². The Labute approximate surface area is 158 Å². The number of nitrogens with zero attached hydrogens (tertiary/aromatic N) is 2. The molecular formula is C15H21Cl4N3O. The number of aliphatic hydroxyl groups excluding tert-OH is 1. The molecule has 0 radical (unpaired) electrons. The summed E-state index contributed by atoms with van der Waals surface area (Å²) in [6.07, 6.45) is 5.51. The van der Waals surface area contributed by atoms with Crippen LogP contribution < -0.4 is 5.32 Å². The summed E-state index contributed by atoms with van der Waals surface area (Å²) in [6, 6.07) is 3.87. The van der Waals surface area contributed by atoms with Crippen LogP contribution in [0.3, 0.4) is 0 Å². The zero-order valence-corrected chi connectivity index (χ0v) is 15.7. The number of aromatic nitrogens is 2. The highest BCUT2D eigenvalue weighted by atomic mass is 35.5. The Morgan fingerprint density at radius 1 is 1.26 bits per heavy atom. The smallest absolute Gasteiger partial charge is 0.0958 e. The molecule has 1 aromatic carbocycles. The van der Waals surface area contributed by atoms with Crippen LogP contribution in [-0.4, -0.2) is 33.3 Å². The van der Waals surface area contributed by atoms with Crippen molar-refractivity contribution in [3.05, 3.63) is 28.5 Å². The molecule has 1 saturated heterocycles. The second-order valence-corrected chi connectivity index (χ2v) is 6.42. The molecule has 2 atom stereocenters. The number of hydrogen-bond acceptors (Lipinski definition) is 3. The van der Waals surface area contributed by atoms with Crippen LogP contribution in [0, 0.1) is 0 Å². The average Bonchev–Trinajstić information content (AvgIpc) is 2.84. The molecule has 2 heterocycles. The Bertz CT molecular complexity index is 634. The first-order chi connectivity index (χ1) is 10.1. The third kappa shape index (κ3) is 4.88. The Hall–Kier alpha value is -0.230. The van der Waals surface area contributed by atoms with Gasteiger partial charge in [0, 0.05) is 12.6 Å². The van der Waals surface area contributed by atoms with Gasteiger partial charge in [-0.3, -0.25) is 0 Å². The van der Waals surface area contributed by atoms with E-state index in [1.165, 1.54) is 0 Å². The number of imidazole rings is 1. The SMILES string of the molecule is Cl.Cl.O[C@H]1CCCN[C@@H]1CCCn1cnc2cc(Cl)c(Cl)cc21. The van der Waals surface area contributed by atoms with Crippen LogP contribution in [0.1, 0.15) is 25.7 Å². The maximum absolute atomic E-state index is 9.95. The van der Waals surface area contributed by atoms with E-state index in [2.05, 4.69) is 14.9 Å². The summed E-state index contributed by atoms with van der Waals surface area (Å²) in [7, 11) is 0. The zero-order valence-electron chi connectivity index (χ0n) is 12.5. The van der Waals surface area contributed by atoms with Crippen molar-refractivity contribution in [2.75, 3.05) is 6.54 Å². The molecule has 1 fully saturated rings. The lowest BCUT2D eigenvalue weighted by molar-refractivity contribution is 0.0909. The van der Waals surface area contributed by atoms with Gasteiger partial charge in [0.15, 0.2) is 0 Å². The summed E-state index contributed by atoms with van der Waals surface area (Å²) < 4.78 is 2.09. The van der Waals surface area contributed by atoms with Gasteiger partial charge in [0.25, 0.3) is 0 Å². The highest BCUT2D eigenvalue weighted by molar-refractivity contribution is 6.42. The van der Waals surface area contributed by atoms with E-state index >= 15 is 0 Å². The van der Waals surface area contributed by atoms with Gasteiger partial charge in [-0.25, -0.2) is 4.98 Å². The average molecular weight is 401 g/mol. The minimum absolute atomic E-state index is 0. The minimum atomic E-state index is -0.216. The molecule has 0 spiro atoms. The molecule has 4 nitrogen and oxygen atoms in total. The number of fused-ring (bicyclic) bond motifs is 1. The van der Waals surface area contributed by atoms with E-state index in [9.17, 15) is 5.11 Å². The lowest BCUT2D eigenvalue weighted by Crippen LogP contribution is -2.44. The first-order valence-corrected chi connectivity index (χ1v) is 8.12. The molecule has 2 N–H and O–H groups in total. The van der Waals surface area contributed by atoms with Gasteiger partial charge in [0.05, 0.1) is 33.5 Å². The van der Waals surface area contributed by atoms with Crippen molar-refractivity contribution in [1.82, 2.24) is 14.9 Å². The summed E-state index contributed by atoms with van der Waals surface area (Å²) in [5, 5.41) is 14.4. The molecule has 1 aromatic heterocycles. The summed E-state index contributed by atoms with van der Waals surface area (Å²) in [6.45, 7) is 1.86. The molecule has 0 saturated carbocycles. The third-order valence-electron chi connectivity index (χ3n) is 4.12.